The average molecular weight is 388 g/mol. The molecule has 1 aliphatic rings. The first-order chi connectivity index (χ1) is 12.8. The fraction of sp³-hybridized carbons (Fsp3) is 0.368. The summed E-state index contributed by atoms with van der Waals surface area (Å²) in [6, 6.07) is 12.5. The number of β-amino-alcohol motifs (C(OH)–C–C–N with tert-alkyl or cyclic N) is 1. The van der Waals surface area contributed by atoms with Gasteiger partial charge in [-0.2, -0.15) is 0 Å². The third-order valence-electron chi connectivity index (χ3n) is 4.34. The zero-order valence-electron chi connectivity index (χ0n) is 14.4. The van der Waals surface area contributed by atoms with E-state index in [9.17, 15) is 5.11 Å². The molecule has 5 nitrogen and oxygen atoms in total. The van der Waals surface area contributed by atoms with E-state index in [1.54, 1.807) is 29.4 Å². The summed E-state index contributed by atoms with van der Waals surface area (Å²) < 4.78 is 5.35. The van der Waals surface area contributed by atoms with E-state index >= 15 is 0 Å². The van der Waals surface area contributed by atoms with Gasteiger partial charge < -0.3 is 9.84 Å². The van der Waals surface area contributed by atoms with E-state index in [-0.39, 0.29) is 6.10 Å². The van der Waals surface area contributed by atoms with Crippen molar-refractivity contribution < 1.29 is 9.84 Å². The van der Waals surface area contributed by atoms with E-state index < -0.39 is 0 Å². The molecule has 26 heavy (non-hydrogen) atoms. The second kappa shape index (κ2) is 8.45. The topological polar surface area (TPSA) is 58.5 Å². The highest BCUT2D eigenvalue weighted by molar-refractivity contribution is 7.99. The van der Waals surface area contributed by atoms with Crippen LogP contribution in [0.5, 0.6) is 0 Å². The number of hydrogen-bond acceptors (Lipinski definition) is 7. The van der Waals surface area contributed by atoms with Crippen LogP contribution in [-0.2, 0) is 4.74 Å². The molecule has 136 valence electrons. The van der Waals surface area contributed by atoms with Gasteiger partial charge in [-0.05, 0) is 11.6 Å². The molecular weight excluding hydrogens is 366 g/mol. The number of ether oxygens (including phenoxy) is 1. The number of thiophene rings is 1. The predicted octanol–water partition coefficient (Wildman–Crippen LogP) is 3.14. The standard InChI is InChI=1S/C19H21N3O2S2/c23-15(11-22-6-8-24-9-7-22)12-25-18-16-10-17(14-4-2-1-3-5-14)26-19(16)21-13-20-18/h1-5,10,13,15,23H,6-9,11-12H2/t15-/m0/s1. The van der Waals surface area contributed by atoms with Crippen LogP contribution in [0.3, 0.4) is 0 Å². The van der Waals surface area contributed by atoms with E-state index in [0.717, 1.165) is 41.5 Å². The number of fused-ring (bicyclic) bond motifs is 1. The van der Waals surface area contributed by atoms with E-state index in [4.69, 9.17) is 4.74 Å². The summed E-state index contributed by atoms with van der Waals surface area (Å²) in [4.78, 5) is 13.3. The monoisotopic (exact) mass is 387 g/mol. The maximum Gasteiger partial charge on any atom is 0.128 e. The molecular formula is C19H21N3O2S2. The minimum absolute atomic E-state index is 0.379. The van der Waals surface area contributed by atoms with Gasteiger partial charge in [-0.15, -0.1) is 23.1 Å². The fourth-order valence-corrected chi connectivity index (χ4v) is 4.96. The van der Waals surface area contributed by atoms with Gasteiger partial charge in [0.05, 0.1) is 19.3 Å². The van der Waals surface area contributed by atoms with Crippen LogP contribution in [-0.4, -0.2) is 64.7 Å². The van der Waals surface area contributed by atoms with Crippen molar-refractivity contribution >= 4 is 33.3 Å². The number of thioether (sulfide) groups is 1. The Morgan fingerprint density at radius 3 is 2.81 bits per heavy atom. The third-order valence-corrected chi connectivity index (χ3v) is 6.58. The maximum atomic E-state index is 10.4. The Kier molecular flexibility index (Phi) is 5.81. The van der Waals surface area contributed by atoms with Crippen molar-refractivity contribution in [2.24, 2.45) is 0 Å². The van der Waals surface area contributed by atoms with Gasteiger partial charge >= 0.3 is 0 Å². The van der Waals surface area contributed by atoms with E-state index in [1.165, 1.54) is 10.4 Å². The van der Waals surface area contributed by atoms with Crippen LogP contribution in [0, 0.1) is 0 Å². The number of aliphatic hydroxyl groups excluding tert-OH is 1. The molecule has 1 N–H and O–H groups in total. The number of aliphatic hydroxyl groups is 1. The Morgan fingerprint density at radius 2 is 2.00 bits per heavy atom. The molecule has 2 aromatic heterocycles. The number of aromatic nitrogens is 2. The van der Waals surface area contributed by atoms with Gasteiger partial charge in [0, 0.05) is 35.7 Å². The Labute approximate surface area is 161 Å². The van der Waals surface area contributed by atoms with E-state index in [0.29, 0.717) is 12.3 Å². The van der Waals surface area contributed by atoms with Gasteiger partial charge in [0.1, 0.15) is 16.2 Å². The quantitative estimate of drug-likeness (QED) is 0.518. The lowest BCUT2D eigenvalue weighted by atomic mass is 10.2. The van der Waals surface area contributed by atoms with Crippen molar-refractivity contribution in [2.75, 3.05) is 38.6 Å². The van der Waals surface area contributed by atoms with Crippen LogP contribution < -0.4 is 0 Å². The molecule has 4 rings (SSSR count). The Bertz CT molecular complexity index is 850. The summed E-state index contributed by atoms with van der Waals surface area (Å²) in [5, 5.41) is 12.4. The molecule has 0 spiro atoms. The summed E-state index contributed by atoms with van der Waals surface area (Å²) >= 11 is 3.28. The van der Waals surface area contributed by atoms with E-state index in [2.05, 4.69) is 33.1 Å². The molecule has 1 fully saturated rings. The van der Waals surface area contributed by atoms with Gasteiger partial charge in [-0.25, -0.2) is 9.97 Å². The van der Waals surface area contributed by atoms with Crippen LogP contribution in [0.4, 0.5) is 0 Å². The minimum atomic E-state index is -0.379. The summed E-state index contributed by atoms with van der Waals surface area (Å²) in [6.45, 7) is 3.98. The molecule has 1 atom stereocenters. The average Bonchev–Trinajstić information content (AvgIpc) is 3.13. The first-order valence-corrected chi connectivity index (χ1v) is 10.5. The van der Waals surface area contributed by atoms with Crippen LogP contribution in [0.2, 0.25) is 0 Å². The molecule has 3 heterocycles. The van der Waals surface area contributed by atoms with Crippen molar-refractivity contribution in [2.45, 2.75) is 11.1 Å². The molecule has 0 aliphatic carbocycles. The molecule has 0 saturated carbocycles. The minimum Gasteiger partial charge on any atom is -0.391 e. The fourth-order valence-electron chi connectivity index (χ4n) is 3.00. The van der Waals surface area contributed by atoms with Gasteiger partial charge in [-0.1, -0.05) is 30.3 Å². The molecule has 0 radical (unpaired) electrons. The normalized spacial score (nSPS) is 16.8. The maximum absolute atomic E-state index is 10.4. The van der Waals surface area contributed by atoms with Crippen LogP contribution in [0.15, 0.2) is 47.8 Å². The van der Waals surface area contributed by atoms with Gasteiger partial charge in [0.2, 0.25) is 0 Å². The summed E-state index contributed by atoms with van der Waals surface area (Å²) in [7, 11) is 0. The van der Waals surface area contributed by atoms with Gasteiger partial charge in [0.25, 0.3) is 0 Å². The number of nitrogens with zero attached hydrogens (tertiary/aromatic N) is 3. The molecule has 1 aromatic carbocycles. The van der Waals surface area contributed by atoms with Crippen molar-refractivity contribution in [3.05, 3.63) is 42.7 Å². The third kappa shape index (κ3) is 4.24. The van der Waals surface area contributed by atoms with Crippen molar-refractivity contribution in [1.29, 1.82) is 0 Å². The molecule has 1 saturated heterocycles. The zero-order chi connectivity index (χ0) is 17.8. The molecule has 3 aromatic rings. The number of rotatable bonds is 6. The van der Waals surface area contributed by atoms with Gasteiger partial charge in [0.15, 0.2) is 0 Å². The predicted molar refractivity (Wildman–Crippen MR) is 107 cm³/mol. The summed E-state index contributed by atoms with van der Waals surface area (Å²) in [5.41, 5.74) is 1.19. The number of hydrogen-bond donors (Lipinski definition) is 1. The lowest BCUT2D eigenvalue weighted by molar-refractivity contribution is 0.0188. The highest BCUT2D eigenvalue weighted by Gasteiger charge is 2.16. The van der Waals surface area contributed by atoms with Crippen molar-refractivity contribution in [3.8, 4) is 10.4 Å². The summed E-state index contributed by atoms with van der Waals surface area (Å²) in [6.07, 6.45) is 1.24. The lowest BCUT2D eigenvalue weighted by Crippen LogP contribution is -2.41. The Balaban J connectivity index is 1.45. The number of benzene rings is 1. The molecule has 1 aliphatic heterocycles. The number of morpholine rings is 1. The summed E-state index contributed by atoms with van der Waals surface area (Å²) in [5.74, 6) is 0.625. The SMILES string of the molecule is O[C@H](CSc1ncnc2sc(-c3ccccc3)cc12)CN1CCOCC1. The first-order valence-electron chi connectivity index (χ1n) is 8.70. The largest absolute Gasteiger partial charge is 0.391 e. The molecule has 7 heteroatoms. The Morgan fingerprint density at radius 1 is 1.19 bits per heavy atom. The second-order valence-corrected chi connectivity index (χ2v) is 8.29. The highest BCUT2D eigenvalue weighted by atomic mass is 32.2. The van der Waals surface area contributed by atoms with Crippen LogP contribution in [0.25, 0.3) is 20.7 Å². The molecule has 0 unspecified atom stereocenters. The zero-order valence-corrected chi connectivity index (χ0v) is 16.0. The first kappa shape index (κ1) is 17.9. The molecule has 0 bridgehead atoms. The second-order valence-electron chi connectivity index (χ2n) is 6.25. The van der Waals surface area contributed by atoms with Gasteiger partial charge in [-0.3, -0.25) is 4.90 Å². The van der Waals surface area contributed by atoms with Crippen LogP contribution >= 0.6 is 23.1 Å². The van der Waals surface area contributed by atoms with Crippen LogP contribution in [0.1, 0.15) is 0 Å². The Hall–Kier alpha value is -1.51. The lowest BCUT2D eigenvalue weighted by Gasteiger charge is -2.28. The smallest absolute Gasteiger partial charge is 0.128 e. The molecule has 0 amide bonds. The van der Waals surface area contributed by atoms with Crippen molar-refractivity contribution in [3.63, 3.8) is 0 Å². The highest BCUT2D eigenvalue weighted by Crippen LogP contribution is 2.36. The van der Waals surface area contributed by atoms with E-state index in [1.807, 2.05) is 18.2 Å². The van der Waals surface area contributed by atoms with Crippen molar-refractivity contribution in [1.82, 2.24) is 14.9 Å².